The summed E-state index contributed by atoms with van der Waals surface area (Å²) < 4.78 is 0. The lowest BCUT2D eigenvalue weighted by molar-refractivity contribution is 0.655. The van der Waals surface area contributed by atoms with Crippen molar-refractivity contribution in [2.75, 3.05) is 6.54 Å². The molecule has 0 saturated carbocycles. The van der Waals surface area contributed by atoms with Crippen molar-refractivity contribution in [3.63, 3.8) is 0 Å². The molecule has 13 heavy (non-hydrogen) atoms. The van der Waals surface area contributed by atoms with Gasteiger partial charge in [0.25, 0.3) is 0 Å². The Balaban J connectivity index is 2.92. The Morgan fingerprint density at radius 2 is 2.15 bits per heavy atom. The van der Waals surface area contributed by atoms with Crippen molar-refractivity contribution < 1.29 is 0 Å². The number of nitriles is 1. The molecule has 1 unspecified atom stereocenters. The van der Waals surface area contributed by atoms with Crippen molar-refractivity contribution in [1.29, 1.82) is 5.26 Å². The molecule has 0 fully saturated rings. The normalized spacial score (nSPS) is 12.1. The van der Waals surface area contributed by atoms with Crippen molar-refractivity contribution in [3.8, 4) is 6.07 Å². The number of hydrogen-bond acceptors (Lipinski definition) is 2. The third kappa shape index (κ3) is 2.30. The molecule has 1 rings (SSSR count). The molecule has 1 N–H and O–H groups in total. The fourth-order valence-electron chi connectivity index (χ4n) is 1.34. The summed E-state index contributed by atoms with van der Waals surface area (Å²) in [6.07, 6.45) is 0. The second-order valence-corrected chi connectivity index (χ2v) is 2.98. The van der Waals surface area contributed by atoms with Gasteiger partial charge in [-0.05, 0) is 24.6 Å². The largest absolute Gasteiger partial charge is 0.298 e. The van der Waals surface area contributed by atoms with Gasteiger partial charge in [0.2, 0.25) is 0 Å². The van der Waals surface area contributed by atoms with Gasteiger partial charge in [-0.25, -0.2) is 0 Å². The van der Waals surface area contributed by atoms with Gasteiger partial charge in [0.1, 0.15) is 6.04 Å². The van der Waals surface area contributed by atoms with E-state index in [9.17, 15) is 0 Å². The zero-order valence-electron chi connectivity index (χ0n) is 8.04. The highest BCUT2D eigenvalue weighted by Gasteiger charge is 2.09. The highest BCUT2D eigenvalue weighted by Crippen LogP contribution is 2.15. The van der Waals surface area contributed by atoms with Crippen LogP contribution in [-0.2, 0) is 0 Å². The Morgan fingerprint density at radius 3 is 2.69 bits per heavy atom. The van der Waals surface area contributed by atoms with E-state index in [1.54, 1.807) is 0 Å². The van der Waals surface area contributed by atoms with E-state index in [2.05, 4.69) is 11.4 Å². The molecule has 0 bridgehead atoms. The van der Waals surface area contributed by atoms with Gasteiger partial charge < -0.3 is 0 Å². The molecule has 0 spiro atoms. The van der Waals surface area contributed by atoms with Crippen molar-refractivity contribution in [3.05, 3.63) is 35.4 Å². The minimum Gasteiger partial charge on any atom is -0.298 e. The van der Waals surface area contributed by atoms with Crippen molar-refractivity contribution >= 4 is 0 Å². The van der Waals surface area contributed by atoms with Crippen LogP contribution < -0.4 is 5.32 Å². The number of hydrogen-bond donors (Lipinski definition) is 1. The molecule has 68 valence electrons. The number of benzene rings is 1. The summed E-state index contributed by atoms with van der Waals surface area (Å²) >= 11 is 0. The Labute approximate surface area is 79.2 Å². The average Bonchev–Trinajstić information content (AvgIpc) is 2.16. The van der Waals surface area contributed by atoms with Crippen LogP contribution >= 0.6 is 0 Å². The number of nitrogens with zero attached hydrogens (tertiary/aromatic N) is 1. The standard InChI is InChI=1S/C11H14N2/c1-3-13-11(8-12)10-7-5-4-6-9(10)2/h4-7,11,13H,3H2,1-2H3. The molecule has 0 saturated heterocycles. The van der Waals surface area contributed by atoms with Crippen LogP contribution in [0.1, 0.15) is 24.1 Å². The van der Waals surface area contributed by atoms with Crippen molar-refractivity contribution in [2.45, 2.75) is 19.9 Å². The van der Waals surface area contributed by atoms with Gasteiger partial charge in [-0.1, -0.05) is 31.2 Å². The van der Waals surface area contributed by atoms with Gasteiger partial charge in [0.05, 0.1) is 6.07 Å². The van der Waals surface area contributed by atoms with Crippen LogP contribution in [0.5, 0.6) is 0 Å². The van der Waals surface area contributed by atoms with Crippen LogP contribution in [0, 0.1) is 18.3 Å². The average molecular weight is 174 g/mol. The summed E-state index contributed by atoms with van der Waals surface area (Å²) in [7, 11) is 0. The molecule has 0 radical (unpaired) electrons. The lowest BCUT2D eigenvalue weighted by Gasteiger charge is -2.12. The smallest absolute Gasteiger partial charge is 0.121 e. The SMILES string of the molecule is CCNC(C#N)c1ccccc1C. The Kier molecular flexibility index (Phi) is 3.48. The minimum atomic E-state index is -0.175. The van der Waals surface area contributed by atoms with Gasteiger partial charge in [-0.15, -0.1) is 0 Å². The van der Waals surface area contributed by atoms with E-state index in [0.29, 0.717) is 0 Å². The summed E-state index contributed by atoms with van der Waals surface area (Å²) in [5.41, 5.74) is 2.24. The van der Waals surface area contributed by atoms with E-state index in [4.69, 9.17) is 5.26 Å². The second kappa shape index (κ2) is 4.64. The summed E-state index contributed by atoms with van der Waals surface area (Å²) in [5.74, 6) is 0. The van der Waals surface area contributed by atoms with E-state index in [0.717, 1.165) is 17.7 Å². The molecular formula is C11H14N2. The molecule has 1 atom stereocenters. The van der Waals surface area contributed by atoms with Crippen molar-refractivity contribution in [1.82, 2.24) is 5.32 Å². The summed E-state index contributed by atoms with van der Waals surface area (Å²) in [6, 6.07) is 10.0. The molecular weight excluding hydrogens is 160 g/mol. The fourth-order valence-corrected chi connectivity index (χ4v) is 1.34. The van der Waals surface area contributed by atoms with Crippen LogP contribution in [-0.4, -0.2) is 6.54 Å². The highest BCUT2D eigenvalue weighted by atomic mass is 14.9. The first-order chi connectivity index (χ1) is 6.29. The van der Waals surface area contributed by atoms with E-state index in [1.165, 1.54) is 0 Å². The predicted molar refractivity (Wildman–Crippen MR) is 53.2 cm³/mol. The Hall–Kier alpha value is -1.33. The third-order valence-electron chi connectivity index (χ3n) is 2.04. The van der Waals surface area contributed by atoms with Crippen LogP contribution in [0.15, 0.2) is 24.3 Å². The van der Waals surface area contributed by atoms with E-state index >= 15 is 0 Å². The quantitative estimate of drug-likeness (QED) is 0.762. The van der Waals surface area contributed by atoms with Crippen LogP contribution in [0.3, 0.4) is 0 Å². The van der Waals surface area contributed by atoms with Crippen LogP contribution in [0.4, 0.5) is 0 Å². The molecule has 1 aromatic carbocycles. The first kappa shape index (κ1) is 9.76. The van der Waals surface area contributed by atoms with E-state index < -0.39 is 0 Å². The van der Waals surface area contributed by atoms with Gasteiger partial charge in [-0.2, -0.15) is 5.26 Å². The Bertz CT molecular complexity index is 312. The van der Waals surface area contributed by atoms with E-state index in [1.807, 2.05) is 38.1 Å². The fraction of sp³-hybridized carbons (Fsp3) is 0.364. The molecule has 0 aliphatic heterocycles. The monoisotopic (exact) mass is 174 g/mol. The maximum Gasteiger partial charge on any atom is 0.121 e. The lowest BCUT2D eigenvalue weighted by Crippen LogP contribution is -2.19. The van der Waals surface area contributed by atoms with Crippen LogP contribution in [0.25, 0.3) is 0 Å². The zero-order chi connectivity index (χ0) is 9.68. The first-order valence-electron chi connectivity index (χ1n) is 4.48. The predicted octanol–water partition coefficient (Wildman–Crippen LogP) is 2.17. The van der Waals surface area contributed by atoms with Gasteiger partial charge in [0, 0.05) is 0 Å². The molecule has 2 nitrogen and oxygen atoms in total. The molecule has 0 aromatic heterocycles. The number of aryl methyl sites for hydroxylation is 1. The maximum absolute atomic E-state index is 8.92. The number of nitrogens with one attached hydrogen (secondary N) is 1. The van der Waals surface area contributed by atoms with Crippen LogP contribution in [0.2, 0.25) is 0 Å². The van der Waals surface area contributed by atoms with Gasteiger partial charge in [0.15, 0.2) is 0 Å². The second-order valence-electron chi connectivity index (χ2n) is 2.98. The maximum atomic E-state index is 8.92. The summed E-state index contributed by atoms with van der Waals surface area (Å²) in [6.45, 7) is 4.84. The summed E-state index contributed by atoms with van der Waals surface area (Å²) in [5, 5.41) is 12.1. The molecule has 0 heterocycles. The molecule has 1 aromatic rings. The zero-order valence-corrected chi connectivity index (χ0v) is 8.04. The Morgan fingerprint density at radius 1 is 1.46 bits per heavy atom. The number of rotatable bonds is 3. The molecule has 0 aliphatic rings. The van der Waals surface area contributed by atoms with E-state index in [-0.39, 0.29) is 6.04 Å². The van der Waals surface area contributed by atoms with Gasteiger partial charge in [-0.3, -0.25) is 5.32 Å². The molecule has 2 heteroatoms. The van der Waals surface area contributed by atoms with Gasteiger partial charge >= 0.3 is 0 Å². The first-order valence-corrected chi connectivity index (χ1v) is 4.48. The van der Waals surface area contributed by atoms with Crippen molar-refractivity contribution in [2.24, 2.45) is 0 Å². The topological polar surface area (TPSA) is 35.8 Å². The molecule has 0 amide bonds. The highest BCUT2D eigenvalue weighted by molar-refractivity contribution is 5.31. The third-order valence-corrected chi connectivity index (χ3v) is 2.04. The lowest BCUT2D eigenvalue weighted by atomic mass is 10.0. The minimum absolute atomic E-state index is 0.175. The molecule has 0 aliphatic carbocycles. The summed E-state index contributed by atoms with van der Waals surface area (Å²) in [4.78, 5) is 0.